The van der Waals surface area contributed by atoms with Gasteiger partial charge in [0.1, 0.15) is 6.10 Å². The van der Waals surface area contributed by atoms with Gasteiger partial charge < -0.3 is 15.0 Å². The number of carbonyl (C=O) groups is 2. The van der Waals surface area contributed by atoms with Crippen molar-refractivity contribution in [3.8, 4) is 0 Å². The lowest BCUT2D eigenvalue weighted by Crippen LogP contribution is -2.48. The summed E-state index contributed by atoms with van der Waals surface area (Å²) in [5, 5.41) is 3.00. The van der Waals surface area contributed by atoms with Gasteiger partial charge in [0.05, 0.1) is 0 Å². The maximum Gasteiger partial charge on any atom is 0.407 e. The lowest BCUT2D eigenvalue weighted by atomic mass is 10.0. The maximum absolute atomic E-state index is 14.4. The fourth-order valence-electron chi connectivity index (χ4n) is 2.65. The van der Waals surface area contributed by atoms with E-state index in [1.165, 1.54) is 12.1 Å². The van der Waals surface area contributed by atoms with Gasteiger partial charge in [-0.3, -0.25) is 4.79 Å². The summed E-state index contributed by atoms with van der Waals surface area (Å²) in [4.78, 5) is 25.1. The van der Waals surface area contributed by atoms with Crippen molar-refractivity contribution in [3.05, 3.63) is 34.9 Å². The van der Waals surface area contributed by atoms with Crippen molar-refractivity contribution in [2.45, 2.75) is 51.2 Å². The van der Waals surface area contributed by atoms with Crippen molar-refractivity contribution in [1.29, 1.82) is 0 Å². The standard InChI is InChI=1S/C18H23ClF2N2O3/c1-17(2,3)22-16(25)26-14-8-10-23(11-9-14)15(24)18(20,21)12-4-6-13(19)7-5-12/h4-7,14H,8-11H2,1-3H3,(H,22,25). The lowest BCUT2D eigenvalue weighted by Gasteiger charge is -2.34. The molecule has 144 valence electrons. The number of alkyl carbamates (subject to hydrolysis) is 1. The number of rotatable bonds is 3. The number of nitrogens with one attached hydrogen (secondary N) is 1. The quantitative estimate of drug-likeness (QED) is 0.853. The van der Waals surface area contributed by atoms with Crippen LogP contribution in [0.1, 0.15) is 39.2 Å². The number of halogens is 3. The average Bonchev–Trinajstić information content (AvgIpc) is 2.53. The Morgan fingerprint density at radius 3 is 2.19 bits per heavy atom. The van der Waals surface area contributed by atoms with Crippen molar-refractivity contribution < 1.29 is 23.1 Å². The van der Waals surface area contributed by atoms with Gasteiger partial charge in [0, 0.05) is 42.1 Å². The maximum atomic E-state index is 14.4. The van der Waals surface area contributed by atoms with Crippen LogP contribution in [0.15, 0.2) is 24.3 Å². The molecular formula is C18H23ClF2N2O3. The molecule has 0 aromatic heterocycles. The number of amides is 2. The van der Waals surface area contributed by atoms with Crippen LogP contribution in [-0.2, 0) is 15.5 Å². The zero-order valence-electron chi connectivity index (χ0n) is 15.0. The first-order chi connectivity index (χ1) is 12.0. The predicted molar refractivity (Wildman–Crippen MR) is 94.3 cm³/mol. The molecule has 1 fully saturated rings. The van der Waals surface area contributed by atoms with Crippen LogP contribution >= 0.6 is 11.6 Å². The minimum absolute atomic E-state index is 0.107. The predicted octanol–water partition coefficient (Wildman–Crippen LogP) is 3.95. The molecule has 0 unspecified atom stereocenters. The monoisotopic (exact) mass is 388 g/mol. The molecule has 1 aliphatic heterocycles. The summed E-state index contributed by atoms with van der Waals surface area (Å²) in [5.41, 5.74) is -0.816. The van der Waals surface area contributed by atoms with Gasteiger partial charge in [-0.2, -0.15) is 8.78 Å². The topological polar surface area (TPSA) is 58.6 Å². The number of hydrogen-bond acceptors (Lipinski definition) is 3. The number of nitrogens with zero attached hydrogens (tertiary/aromatic N) is 1. The van der Waals surface area contributed by atoms with Crippen LogP contribution in [0.2, 0.25) is 5.02 Å². The molecule has 1 saturated heterocycles. The second kappa shape index (κ2) is 7.78. The summed E-state index contributed by atoms with van der Waals surface area (Å²) in [6.07, 6.45) is -0.306. The van der Waals surface area contributed by atoms with Crippen LogP contribution in [0.4, 0.5) is 13.6 Å². The summed E-state index contributed by atoms with van der Waals surface area (Å²) >= 11 is 5.70. The fourth-order valence-corrected chi connectivity index (χ4v) is 2.77. The molecule has 1 aromatic carbocycles. The van der Waals surface area contributed by atoms with Crippen LogP contribution in [0.5, 0.6) is 0 Å². The smallest absolute Gasteiger partial charge is 0.407 e. The average molecular weight is 389 g/mol. The van der Waals surface area contributed by atoms with E-state index in [0.29, 0.717) is 17.9 Å². The van der Waals surface area contributed by atoms with Gasteiger partial charge in [0.2, 0.25) is 0 Å². The molecule has 1 aliphatic rings. The third-order valence-corrected chi connectivity index (χ3v) is 4.21. The molecule has 0 bridgehead atoms. The number of hydrogen-bond donors (Lipinski definition) is 1. The zero-order chi connectivity index (χ0) is 19.5. The number of benzene rings is 1. The highest BCUT2D eigenvalue weighted by atomic mass is 35.5. The molecule has 2 amide bonds. The third kappa shape index (κ3) is 5.30. The van der Waals surface area contributed by atoms with Crippen LogP contribution < -0.4 is 5.32 Å². The van der Waals surface area contributed by atoms with E-state index < -0.39 is 35.1 Å². The molecule has 0 spiro atoms. The minimum atomic E-state index is -3.62. The molecule has 0 saturated carbocycles. The molecule has 1 heterocycles. The Morgan fingerprint density at radius 2 is 1.69 bits per heavy atom. The molecule has 1 aromatic rings. The Labute approximate surface area is 156 Å². The van der Waals surface area contributed by atoms with Crippen LogP contribution in [0.25, 0.3) is 0 Å². The first kappa shape index (κ1) is 20.4. The van der Waals surface area contributed by atoms with Crippen LogP contribution in [0.3, 0.4) is 0 Å². The van der Waals surface area contributed by atoms with E-state index in [4.69, 9.17) is 16.3 Å². The van der Waals surface area contributed by atoms with E-state index in [1.54, 1.807) is 0 Å². The summed E-state index contributed by atoms with van der Waals surface area (Å²) in [6.45, 7) is 5.70. The Kier molecular flexibility index (Phi) is 6.11. The molecule has 0 atom stereocenters. The van der Waals surface area contributed by atoms with Gasteiger partial charge in [-0.25, -0.2) is 4.79 Å². The highest BCUT2D eigenvalue weighted by molar-refractivity contribution is 6.30. The second-order valence-electron chi connectivity index (χ2n) is 7.35. The van der Waals surface area contributed by atoms with Gasteiger partial charge in [0.25, 0.3) is 5.91 Å². The van der Waals surface area contributed by atoms with E-state index >= 15 is 0 Å². The highest BCUT2D eigenvalue weighted by Gasteiger charge is 2.44. The first-order valence-corrected chi connectivity index (χ1v) is 8.79. The highest BCUT2D eigenvalue weighted by Crippen LogP contribution is 2.32. The van der Waals surface area contributed by atoms with Crippen LogP contribution in [0, 0.1) is 0 Å². The Balaban J connectivity index is 1.91. The van der Waals surface area contributed by atoms with E-state index in [0.717, 1.165) is 17.0 Å². The number of piperidine rings is 1. The molecular weight excluding hydrogens is 366 g/mol. The first-order valence-electron chi connectivity index (χ1n) is 8.41. The van der Waals surface area contributed by atoms with Gasteiger partial charge >= 0.3 is 12.0 Å². The largest absolute Gasteiger partial charge is 0.446 e. The van der Waals surface area contributed by atoms with E-state index in [2.05, 4.69) is 5.32 Å². The Hall–Kier alpha value is -1.89. The van der Waals surface area contributed by atoms with E-state index in [1.807, 2.05) is 20.8 Å². The molecule has 0 aliphatic carbocycles. The zero-order valence-corrected chi connectivity index (χ0v) is 15.8. The van der Waals surface area contributed by atoms with Gasteiger partial charge in [-0.1, -0.05) is 23.7 Å². The second-order valence-corrected chi connectivity index (χ2v) is 7.79. The molecule has 26 heavy (non-hydrogen) atoms. The van der Waals surface area contributed by atoms with Gasteiger partial charge in [-0.05, 0) is 32.9 Å². The number of alkyl halides is 2. The minimum Gasteiger partial charge on any atom is -0.446 e. The Morgan fingerprint density at radius 1 is 1.15 bits per heavy atom. The van der Waals surface area contributed by atoms with Crippen molar-refractivity contribution in [1.82, 2.24) is 10.2 Å². The SMILES string of the molecule is CC(C)(C)NC(=O)OC1CCN(C(=O)C(F)(F)c2ccc(Cl)cc2)CC1. The number of likely N-dealkylation sites (tertiary alicyclic amines) is 1. The summed E-state index contributed by atoms with van der Waals surface area (Å²) in [7, 11) is 0. The molecule has 1 N–H and O–H groups in total. The molecule has 2 rings (SSSR count). The van der Waals surface area contributed by atoms with Gasteiger partial charge in [-0.15, -0.1) is 0 Å². The van der Waals surface area contributed by atoms with Crippen molar-refractivity contribution >= 4 is 23.6 Å². The van der Waals surface area contributed by atoms with Crippen molar-refractivity contribution in [2.24, 2.45) is 0 Å². The number of ether oxygens (including phenoxy) is 1. The summed E-state index contributed by atoms with van der Waals surface area (Å²) in [5.74, 6) is -4.88. The normalized spacial score (nSPS) is 16.3. The summed E-state index contributed by atoms with van der Waals surface area (Å²) in [6, 6.07) is 4.94. The lowest BCUT2D eigenvalue weighted by molar-refractivity contribution is -0.161. The number of carbonyl (C=O) groups excluding carboxylic acids is 2. The Bertz CT molecular complexity index is 651. The summed E-state index contributed by atoms with van der Waals surface area (Å²) < 4.78 is 34.1. The van der Waals surface area contributed by atoms with Crippen molar-refractivity contribution in [2.75, 3.05) is 13.1 Å². The van der Waals surface area contributed by atoms with Gasteiger partial charge in [0.15, 0.2) is 0 Å². The van der Waals surface area contributed by atoms with E-state index in [9.17, 15) is 18.4 Å². The fraction of sp³-hybridized carbons (Fsp3) is 0.556. The van der Waals surface area contributed by atoms with Crippen LogP contribution in [-0.4, -0.2) is 41.6 Å². The van der Waals surface area contributed by atoms with E-state index in [-0.39, 0.29) is 13.1 Å². The third-order valence-electron chi connectivity index (χ3n) is 3.96. The van der Waals surface area contributed by atoms with Crippen molar-refractivity contribution in [3.63, 3.8) is 0 Å². The molecule has 0 radical (unpaired) electrons. The molecule has 8 heteroatoms. The molecule has 5 nitrogen and oxygen atoms in total.